The molecule has 1 spiro atoms. The minimum absolute atomic E-state index is 0.0238. The van der Waals surface area contributed by atoms with Crippen molar-refractivity contribution in [2.75, 3.05) is 19.8 Å². The average Bonchev–Trinajstić information content (AvgIpc) is 3.65. The molecule has 0 aliphatic heterocycles. The van der Waals surface area contributed by atoms with Gasteiger partial charge in [-0.3, -0.25) is 0 Å². The van der Waals surface area contributed by atoms with E-state index < -0.39 is 5.41 Å². The fraction of sp³-hybridized carbons (Fsp3) is 0.510. The summed E-state index contributed by atoms with van der Waals surface area (Å²) in [4.78, 5) is 0. The van der Waals surface area contributed by atoms with Gasteiger partial charge in [-0.15, -0.1) is 9.24 Å². The summed E-state index contributed by atoms with van der Waals surface area (Å²) in [5.41, 5.74) is 14.5. The van der Waals surface area contributed by atoms with Gasteiger partial charge in [0, 0.05) is 6.61 Å². The first-order chi connectivity index (χ1) is 26.6. The van der Waals surface area contributed by atoms with E-state index in [4.69, 9.17) is 12.5 Å². The lowest BCUT2D eigenvalue weighted by Crippen LogP contribution is -2.31. The van der Waals surface area contributed by atoms with E-state index in [-0.39, 0.29) is 36.3 Å². The van der Waals surface area contributed by atoms with E-state index in [1.54, 1.807) is 7.48 Å². The Hall–Kier alpha value is -2.68. The summed E-state index contributed by atoms with van der Waals surface area (Å²) in [6.07, 6.45) is 15.3. The third kappa shape index (κ3) is 8.21. The Bertz CT molecular complexity index is 1930. The van der Waals surface area contributed by atoms with Crippen molar-refractivity contribution < 1.29 is 14.9 Å². The second-order valence-electron chi connectivity index (χ2n) is 17.2. The lowest BCUT2D eigenvalue weighted by atomic mass is 9.66. The predicted molar refractivity (Wildman–Crippen MR) is 239 cm³/mol. The molecule has 289 valence electrons. The van der Waals surface area contributed by atoms with E-state index in [0.717, 1.165) is 36.6 Å². The van der Waals surface area contributed by atoms with E-state index in [1.807, 2.05) is 6.07 Å². The molecule has 5 unspecified atom stereocenters. The Balaban J connectivity index is 1.61. The number of rotatable bonds is 21. The largest absolute Gasteiger partial charge is 0.432 e. The van der Waals surface area contributed by atoms with Crippen LogP contribution in [0.2, 0.25) is 0 Å². The smallest absolute Gasteiger partial charge is 0.330 e. The van der Waals surface area contributed by atoms with Crippen molar-refractivity contribution in [3.05, 3.63) is 106 Å². The lowest BCUT2D eigenvalue weighted by Gasteiger charge is -2.36. The van der Waals surface area contributed by atoms with Crippen molar-refractivity contribution in [2.45, 2.75) is 140 Å². The molecule has 6 rings (SSSR count). The van der Waals surface area contributed by atoms with Crippen molar-refractivity contribution in [1.82, 2.24) is 0 Å². The summed E-state index contributed by atoms with van der Waals surface area (Å²) in [7, 11) is 11.4. The molecule has 3 radical (unpaired) electrons. The topological polar surface area (TPSA) is 49.7 Å². The number of hydrogen-bond donors (Lipinski definition) is 2. The maximum atomic E-state index is 10.0. The molecular formula is C49H64B2O3P. The van der Waals surface area contributed by atoms with Gasteiger partial charge in [-0.2, -0.15) is 0 Å². The molecular weight excluding hydrogens is 689 g/mol. The Morgan fingerprint density at radius 2 is 1.20 bits per heavy atom. The van der Waals surface area contributed by atoms with Gasteiger partial charge in [0.25, 0.3) is 0 Å². The van der Waals surface area contributed by atoms with Gasteiger partial charge in [0.2, 0.25) is 0 Å². The minimum atomic E-state index is -0.564. The van der Waals surface area contributed by atoms with Crippen LogP contribution in [0.4, 0.5) is 0 Å². The van der Waals surface area contributed by atoms with Crippen molar-refractivity contribution in [1.29, 1.82) is 0 Å². The third-order valence-electron chi connectivity index (χ3n) is 13.4. The first kappa shape index (κ1) is 41.9. The van der Waals surface area contributed by atoms with Gasteiger partial charge < -0.3 is 14.9 Å². The van der Waals surface area contributed by atoms with Gasteiger partial charge in [-0.05, 0) is 104 Å². The second kappa shape index (κ2) is 18.3. The van der Waals surface area contributed by atoms with Crippen molar-refractivity contribution in [3.8, 4) is 22.3 Å². The fourth-order valence-electron chi connectivity index (χ4n) is 9.71. The maximum absolute atomic E-state index is 10.0. The van der Waals surface area contributed by atoms with Gasteiger partial charge >= 0.3 is 7.48 Å². The highest BCUT2D eigenvalue weighted by Gasteiger charge is 2.52. The number of benzene rings is 4. The van der Waals surface area contributed by atoms with Gasteiger partial charge in [0.1, 0.15) is 7.85 Å². The van der Waals surface area contributed by atoms with Crippen LogP contribution in [-0.2, 0) is 20.9 Å². The summed E-state index contributed by atoms with van der Waals surface area (Å²) in [6.45, 7) is 12.3. The molecule has 0 saturated carbocycles. The van der Waals surface area contributed by atoms with E-state index in [9.17, 15) is 10.2 Å². The summed E-state index contributed by atoms with van der Waals surface area (Å²) in [6, 6.07) is 28.1. The maximum Gasteiger partial charge on any atom is 0.330 e. The lowest BCUT2D eigenvalue weighted by molar-refractivity contribution is 0.209. The molecule has 0 fully saturated rings. The molecule has 2 N–H and O–H groups in total. The van der Waals surface area contributed by atoms with Crippen LogP contribution in [0, 0.1) is 0 Å². The van der Waals surface area contributed by atoms with Crippen LogP contribution in [0.25, 0.3) is 22.3 Å². The highest BCUT2D eigenvalue weighted by atomic mass is 31.0. The first-order valence-corrected chi connectivity index (χ1v) is 22.0. The van der Waals surface area contributed by atoms with Crippen molar-refractivity contribution in [2.24, 2.45) is 0 Å². The van der Waals surface area contributed by atoms with Crippen molar-refractivity contribution >= 4 is 35.5 Å². The molecule has 6 heteroatoms. The third-order valence-corrected chi connectivity index (χ3v) is 13.9. The predicted octanol–water partition coefficient (Wildman–Crippen LogP) is 9.96. The molecule has 55 heavy (non-hydrogen) atoms. The van der Waals surface area contributed by atoms with Crippen LogP contribution < -0.4 is 10.9 Å². The van der Waals surface area contributed by atoms with Gasteiger partial charge in [-0.25, -0.2) is 0 Å². The number of aliphatic hydroxyl groups excluding tert-OH is 2. The van der Waals surface area contributed by atoms with Crippen LogP contribution in [-0.4, -0.2) is 51.0 Å². The highest BCUT2D eigenvalue weighted by molar-refractivity contribution is 7.17. The summed E-state index contributed by atoms with van der Waals surface area (Å²) < 4.78 is 5.81. The molecule has 2 aliphatic carbocycles. The Morgan fingerprint density at radius 1 is 0.673 bits per heavy atom. The van der Waals surface area contributed by atoms with Crippen LogP contribution in [0.1, 0.15) is 151 Å². The zero-order valence-electron chi connectivity index (χ0n) is 34.4. The minimum Gasteiger partial charge on any atom is -0.432 e. The molecule has 0 heterocycles. The van der Waals surface area contributed by atoms with E-state index in [1.165, 1.54) is 113 Å². The molecule has 0 saturated heterocycles. The fourth-order valence-corrected chi connectivity index (χ4v) is 9.88. The molecule has 4 aromatic carbocycles. The van der Waals surface area contributed by atoms with E-state index >= 15 is 0 Å². The van der Waals surface area contributed by atoms with Crippen LogP contribution >= 0.6 is 9.24 Å². The second-order valence-corrected chi connectivity index (χ2v) is 18.1. The highest BCUT2D eigenvalue weighted by Crippen LogP contribution is 2.63. The molecule has 2 aliphatic rings. The quantitative estimate of drug-likeness (QED) is 0.0437. The standard InChI is InChI=1S/C49H64B2O3P/c1-6-9-11-13-24-47(4,8-3)34-15-19-39-40-20-16-35(48(5,25-14-12-10-7-2)26-23-38(55)33-53)30-44(40)49(43(39)29-34)45-31-36(50)17-21-41(45)42-22-18-37(32-46(42)49)51-54-28-27-52/h15-22,29-32,38,52-53H,6-14,23-28,33,55H2,1-5H3. The zero-order chi connectivity index (χ0) is 39.2. The molecule has 3 nitrogen and oxygen atoms in total. The monoisotopic (exact) mass is 753 g/mol. The normalized spacial score (nSPS) is 18.0. The van der Waals surface area contributed by atoms with E-state index in [2.05, 4.69) is 111 Å². The summed E-state index contributed by atoms with van der Waals surface area (Å²) >= 11 is 0. The van der Waals surface area contributed by atoms with Gasteiger partial charge in [-0.1, -0.05) is 170 Å². The van der Waals surface area contributed by atoms with Gasteiger partial charge in [0.05, 0.1) is 18.6 Å². The molecule has 0 amide bonds. The Morgan fingerprint density at radius 3 is 1.76 bits per heavy atom. The SMILES string of the molecule is [B]c1ccc2c(c1)C1(c3cc([B]OCCO)ccc3-2)c2cc(C(C)(CC)CCCCCC)ccc2-c2ccc(C(C)(CCCCCC)CCC(P)CO)cc21. The Labute approximate surface area is 337 Å². The number of unbranched alkanes of at least 4 members (excludes halogenated alkanes) is 6. The summed E-state index contributed by atoms with van der Waals surface area (Å²) in [5, 5.41) is 19.5. The van der Waals surface area contributed by atoms with Crippen LogP contribution in [0.5, 0.6) is 0 Å². The van der Waals surface area contributed by atoms with E-state index in [0.29, 0.717) is 0 Å². The molecule has 5 atom stereocenters. The molecule has 4 aromatic rings. The van der Waals surface area contributed by atoms with Gasteiger partial charge in [0.15, 0.2) is 0 Å². The van der Waals surface area contributed by atoms with Crippen LogP contribution in [0.15, 0.2) is 72.8 Å². The molecule has 0 bridgehead atoms. The first-order valence-electron chi connectivity index (χ1n) is 21.4. The number of fused-ring (bicyclic) bond motifs is 10. The average molecular weight is 754 g/mol. The van der Waals surface area contributed by atoms with Crippen molar-refractivity contribution in [3.63, 3.8) is 0 Å². The number of aliphatic hydroxyl groups is 2. The number of hydrogen-bond acceptors (Lipinski definition) is 3. The van der Waals surface area contributed by atoms with Crippen LogP contribution in [0.3, 0.4) is 0 Å². The molecule has 0 aromatic heterocycles. The summed E-state index contributed by atoms with van der Waals surface area (Å²) in [5.74, 6) is 0. The Kier molecular flexibility index (Phi) is 13.9. The zero-order valence-corrected chi connectivity index (χ0v) is 35.5.